The molecule has 10 heteroatoms. The van der Waals surface area contributed by atoms with E-state index in [1.807, 2.05) is 32.0 Å². The number of carbonyl (C=O) groups excluding carboxylic acids is 4. The number of carbonyl (C=O) groups is 5. The third kappa shape index (κ3) is 7.57. The van der Waals surface area contributed by atoms with Crippen LogP contribution in [0.5, 0.6) is 0 Å². The molecule has 34 heavy (non-hydrogen) atoms. The first-order valence-corrected chi connectivity index (χ1v) is 11.3. The molecule has 1 fully saturated rings. The molecule has 0 aromatic heterocycles. The number of likely N-dealkylation sites (tertiary alicyclic amines) is 1. The van der Waals surface area contributed by atoms with Crippen LogP contribution >= 0.6 is 0 Å². The molecule has 1 heterocycles. The Labute approximate surface area is 199 Å². The van der Waals surface area contributed by atoms with Crippen molar-refractivity contribution in [3.63, 3.8) is 0 Å². The number of benzene rings is 1. The molecule has 186 valence electrons. The molecule has 0 bridgehead atoms. The van der Waals surface area contributed by atoms with Crippen LogP contribution in [0.25, 0.3) is 0 Å². The zero-order chi connectivity index (χ0) is 25.4. The maximum absolute atomic E-state index is 13.0. The highest BCUT2D eigenvalue weighted by Gasteiger charge is 2.41. The van der Waals surface area contributed by atoms with E-state index < -0.39 is 53.6 Å². The minimum atomic E-state index is -1.11. The van der Waals surface area contributed by atoms with Gasteiger partial charge >= 0.3 is 12.1 Å². The monoisotopic (exact) mass is 475 g/mol. The summed E-state index contributed by atoms with van der Waals surface area (Å²) in [5.74, 6) is -4.31. The van der Waals surface area contributed by atoms with Crippen LogP contribution in [0.4, 0.5) is 4.79 Å². The van der Waals surface area contributed by atoms with Gasteiger partial charge in [-0.1, -0.05) is 58.0 Å². The molecule has 3 N–H and O–H groups in total. The molecule has 0 aliphatic carbocycles. The van der Waals surface area contributed by atoms with Crippen LogP contribution in [0.15, 0.2) is 30.3 Å². The lowest BCUT2D eigenvalue weighted by Gasteiger charge is -2.37. The number of carboxylic acid groups (broad SMARTS) is 1. The second-order valence-corrected chi connectivity index (χ2v) is 9.23. The van der Waals surface area contributed by atoms with E-state index in [1.54, 1.807) is 26.0 Å². The summed E-state index contributed by atoms with van der Waals surface area (Å²) in [6.07, 6.45) is -0.473. The summed E-state index contributed by atoms with van der Waals surface area (Å²) in [5.41, 5.74) is 0.794. The van der Waals surface area contributed by atoms with Gasteiger partial charge in [0.1, 0.15) is 12.6 Å². The largest absolute Gasteiger partial charge is 0.481 e. The molecule has 1 aromatic rings. The van der Waals surface area contributed by atoms with Gasteiger partial charge in [-0.25, -0.2) is 4.79 Å². The Morgan fingerprint density at radius 1 is 1.03 bits per heavy atom. The number of hydrogen-bond donors (Lipinski definition) is 3. The van der Waals surface area contributed by atoms with E-state index in [1.165, 1.54) is 0 Å². The van der Waals surface area contributed by atoms with Crippen LogP contribution in [-0.4, -0.2) is 64.8 Å². The number of hydrogen-bond acceptors (Lipinski definition) is 6. The molecule has 10 nitrogen and oxygen atoms in total. The zero-order valence-electron chi connectivity index (χ0n) is 19.9. The Kier molecular flexibility index (Phi) is 9.58. The third-order valence-electron chi connectivity index (χ3n) is 5.50. The Morgan fingerprint density at radius 3 is 2.18 bits per heavy atom. The van der Waals surface area contributed by atoms with Gasteiger partial charge in [-0.05, 0) is 23.8 Å². The summed E-state index contributed by atoms with van der Waals surface area (Å²) in [6.45, 7) is 7.10. The maximum atomic E-state index is 13.0. The number of amides is 3. The molecule has 2 rings (SSSR count). The zero-order valence-corrected chi connectivity index (χ0v) is 19.9. The van der Waals surface area contributed by atoms with Gasteiger partial charge in [-0.2, -0.15) is 0 Å². The minimum Gasteiger partial charge on any atom is -0.481 e. The van der Waals surface area contributed by atoms with Crippen LogP contribution in [0.2, 0.25) is 0 Å². The van der Waals surface area contributed by atoms with Crippen LogP contribution in [-0.2, 0) is 30.5 Å². The first-order valence-electron chi connectivity index (χ1n) is 11.3. The number of carboxylic acids is 1. The highest BCUT2D eigenvalue weighted by molar-refractivity contribution is 6.38. The van der Waals surface area contributed by atoms with Gasteiger partial charge < -0.3 is 25.4 Å². The fourth-order valence-corrected chi connectivity index (χ4v) is 3.49. The lowest BCUT2D eigenvalue weighted by molar-refractivity contribution is -0.157. The fourth-order valence-electron chi connectivity index (χ4n) is 3.49. The lowest BCUT2D eigenvalue weighted by atomic mass is 9.94. The maximum Gasteiger partial charge on any atom is 0.408 e. The van der Waals surface area contributed by atoms with Crippen molar-refractivity contribution in [3.05, 3.63) is 35.9 Å². The highest BCUT2D eigenvalue weighted by atomic mass is 16.5. The second-order valence-electron chi connectivity index (χ2n) is 9.23. The summed E-state index contributed by atoms with van der Waals surface area (Å²) < 4.78 is 5.21. The van der Waals surface area contributed by atoms with Crippen molar-refractivity contribution in [2.75, 3.05) is 13.1 Å². The fraction of sp³-hybridized carbons (Fsp3) is 0.542. The summed E-state index contributed by atoms with van der Waals surface area (Å²) in [5, 5.41) is 14.1. The number of ether oxygens (including phenoxy) is 1. The average Bonchev–Trinajstić information content (AvgIpc) is 2.73. The smallest absolute Gasteiger partial charge is 0.408 e. The van der Waals surface area contributed by atoms with E-state index in [0.29, 0.717) is 6.42 Å². The average molecular weight is 476 g/mol. The summed E-state index contributed by atoms with van der Waals surface area (Å²) in [4.78, 5) is 62.7. The summed E-state index contributed by atoms with van der Waals surface area (Å²) in [6, 6.07) is 7.01. The predicted octanol–water partition coefficient (Wildman–Crippen LogP) is 1.58. The van der Waals surface area contributed by atoms with Gasteiger partial charge in [0.05, 0.1) is 12.0 Å². The van der Waals surface area contributed by atoms with E-state index in [4.69, 9.17) is 9.84 Å². The summed E-state index contributed by atoms with van der Waals surface area (Å²) in [7, 11) is 0. The normalized spacial score (nSPS) is 15.3. The third-order valence-corrected chi connectivity index (χ3v) is 5.50. The first kappa shape index (κ1) is 26.8. The number of nitrogens with one attached hydrogen (secondary N) is 2. The van der Waals surface area contributed by atoms with Crippen molar-refractivity contribution in [2.45, 2.75) is 52.8 Å². The molecular weight excluding hydrogens is 442 g/mol. The van der Waals surface area contributed by atoms with E-state index in [2.05, 4.69) is 10.6 Å². The van der Waals surface area contributed by atoms with Gasteiger partial charge in [0, 0.05) is 13.1 Å². The van der Waals surface area contributed by atoms with E-state index >= 15 is 0 Å². The SMILES string of the molecule is CC(C)CC(NC(=O)OCc1ccccc1)C(=O)NC(C(=O)C(=O)N1CC(C(=O)O)C1)C(C)C. The standard InChI is InChI=1S/C24H33N3O7/c1-14(2)10-18(25-24(33)34-13-16-8-6-5-7-9-16)21(29)26-19(15(3)4)20(28)22(30)27-11-17(12-27)23(31)32/h5-9,14-15,17-19H,10-13H2,1-4H3,(H,25,33)(H,26,29)(H,31,32). The van der Waals surface area contributed by atoms with Crippen molar-refractivity contribution >= 4 is 29.7 Å². The first-order chi connectivity index (χ1) is 16.0. The molecule has 1 aromatic carbocycles. The molecule has 1 aliphatic rings. The van der Waals surface area contributed by atoms with Gasteiger partial charge in [-0.3, -0.25) is 19.2 Å². The number of rotatable bonds is 11. The number of ketones is 1. The van der Waals surface area contributed by atoms with Crippen LogP contribution < -0.4 is 10.6 Å². The van der Waals surface area contributed by atoms with Gasteiger partial charge in [0.25, 0.3) is 5.91 Å². The molecule has 1 aliphatic heterocycles. The topological polar surface area (TPSA) is 142 Å². The van der Waals surface area contributed by atoms with E-state index in [9.17, 15) is 24.0 Å². The number of alkyl carbamates (subject to hydrolysis) is 1. The molecular formula is C24H33N3O7. The van der Waals surface area contributed by atoms with Gasteiger partial charge in [-0.15, -0.1) is 0 Å². The lowest BCUT2D eigenvalue weighted by Crippen LogP contribution is -2.60. The van der Waals surface area contributed by atoms with Crippen molar-refractivity contribution in [2.24, 2.45) is 17.8 Å². The van der Waals surface area contributed by atoms with E-state index in [-0.39, 0.29) is 25.6 Å². The number of aliphatic carboxylic acids is 1. The van der Waals surface area contributed by atoms with Crippen LogP contribution in [0, 0.1) is 17.8 Å². The predicted molar refractivity (Wildman–Crippen MR) is 122 cm³/mol. The molecule has 3 amide bonds. The Hall–Kier alpha value is -3.43. The van der Waals surface area contributed by atoms with E-state index in [0.717, 1.165) is 10.5 Å². The molecule has 2 atom stereocenters. The van der Waals surface area contributed by atoms with Crippen molar-refractivity contribution < 1.29 is 33.8 Å². The van der Waals surface area contributed by atoms with Crippen molar-refractivity contribution in [3.8, 4) is 0 Å². The summed E-state index contributed by atoms with van der Waals surface area (Å²) >= 11 is 0. The molecule has 0 saturated carbocycles. The Bertz CT molecular complexity index is 895. The number of nitrogens with zero attached hydrogens (tertiary/aromatic N) is 1. The quantitative estimate of drug-likeness (QED) is 0.413. The molecule has 0 radical (unpaired) electrons. The molecule has 1 saturated heterocycles. The van der Waals surface area contributed by atoms with Crippen molar-refractivity contribution in [1.29, 1.82) is 0 Å². The molecule has 0 spiro atoms. The van der Waals surface area contributed by atoms with Crippen molar-refractivity contribution in [1.82, 2.24) is 15.5 Å². The second kappa shape index (κ2) is 12.2. The highest BCUT2D eigenvalue weighted by Crippen LogP contribution is 2.18. The van der Waals surface area contributed by atoms with Crippen LogP contribution in [0.1, 0.15) is 39.7 Å². The molecule has 2 unspecified atom stereocenters. The van der Waals surface area contributed by atoms with Gasteiger partial charge in [0.2, 0.25) is 11.7 Å². The van der Waals surface area contributed by atoms with Gasteiger partial charge in [0.15, 0.2) is 0 Å². The Balaban J connectivity index is 2.00. The Morgan fingerprint density at radius 2 is 1.65 bits per heavy atom. The van der Waals surface area contributed by atoms with Crippen LogP contribution in [0.3, 0.4) is 0 Å². The minimum absolute atomic E-state index is 0.0382. The number of Topliss-reactive ketones (excluding diaryl/α,β-unsaturated/α-hetero) is 1.